The molecule has 0 aliphatic heterocycles. The van der Waals surface area contributed by atoms with Crippen molar-refractivity contribution in [2.75, 3.05) is 0 Å². The first-order valence-electron chi connectivity index (χ1n) is 5.68. The maximum absolute atomic E-state index is 13.4. The summed E-state index contributed by atoms with van der Waals surface area (Å²) in [7, 11) is 0. The van der Waals surface area contributed by atoms with Crippen LogP contribution in [0.2, 0.25) is 0 Å². The highest BCUT2D eigenvalue weighted by Crippen LogP contribution is 2.39. The highest BCUT2D eigenvalue weighted by molar-refractivity contribution is 5.19. The van der Waals surface area contributed by atoms with E-state index in [1.165, 1.54) is 25.0 Å². The van der Waals surface area contributed by atoms with Crippen LogP contribution < -0.4 is 5.32 Å². The topological polar surface area (TPSA) is 12.0 Å². The number of rotatable bonds is 4. The maximum Gasteiger partial charge on any atom is 0.127 e. The smallest absolute Gasteiger partial charge is 0.127 e. The van der Waals surface area contributed by atoms with Gasteiger partial charge in [0, 0.05) is 17.6 Å². The highest BCUT2D eigenvalue weighted by Gasteiger charge is 2.37. The Morgan fingerprint density at radius 3 is 2.62 bits per heavy atom. The van der Waals surface area contributed by atoms with Crippen LogP contribution in [0.5, 0.6) is 0 Å². The highest BCUT2D eigenvalue weighted by atomic mass is 19.1. The quantitative estimate of drug-likeness (QED) is 0.829. The first-order chi connectivity index (χ1) is 7.49. The zero-order valence-corrected chi connectivity index (χ0v) is 9.69. The second-order valence-corrected chi connectivity index (χ2v) is 5.09. The number of benzene rings is 1. The Bertz CT molecular complexity index is 384. The molecule has 3 heteroatoms. The average molecular weight is 225 g/mol. The summed E-state index contributed by atoms with van der Waals surface area (Å²) in [5.41, 5.74) is 0.410. The molecule has 0 atom stereocenters. The number of hydrogen-bond donors (Lipinski definition) is 1. The molecule has 0 bridgehead atoms. The van der Waals surface area contributed by atoms with E-state index in [2.05, 4.69) is 19.2 Å². The molecular formula is C13H17F2N. The molecular weight excluding hydrogens is 208 g/mol. The summed E-state index contributed by atoms with van der Waals surface area (Å²) in [5, 5.41) is 3.30. The SMILES string of the molecule is CC(C)(NCc1cc(F)ccc1F)C1CC1. The Morgan fingerprint density at radius 1 is 1.31 bits per heavy atom. The Kier molecular flexibility index (Phi) is 2.98. The van der Waals surface area contributed by atoms with Gasteiger partial charge in [-0.1, -0.05) is 0 Å². The number of hydrogen-bond acceptors (Lipinski definition) is 1. The van der Waals surface area contributed by atoms with Crippen LogP contribution in [0.25, 0.3) is 0 Å². The summed E-state index contributed by atoms with van der Waals surface area (Å²) in [6, 6.07) is 3.58. The molecule has 1 aromatic carbocycles. The van der Waals surface area contributed by atoms with E-state index >= 15 is 0 Å². The predicted molar refractivity (Wildman–Crippen MR) is 60.0 cm³/mol. The van der Waals surface area contributed by atoms with Crippen LogP contribution in [-0.2, 0) is 6.54 Å². The Morgan fingerprint density at radius 2 is 2.00 bits per heavy atom. The second-order valence-electron chi connectivity index (χ2n) is 5.09. The lowest BCUT2D eigenvalue weighted by atomic mass is 9.98. The van der Waals surface area contributed by atoms with Gasteiger partial charge in [-0.05, 0) is 50.8 Å². The predicted octanol–water partition coefficient (Wildman–Crippen LogP) is 3.24. The fraction of sp³-hybridized carbons (Fsp3) is 0.538. The summed E-state index contributed by atoms with van der Waals surface area (Å²) in [5.74, 6) is -0.0629. The zero-order valence-electron chi connectivity index (χ0n) is 9.69. The molecule has 0 spiro atoms. The minimum Gasteiger partial charge on any atom is -0.307 e. The van der Waals surface area contributed by atoms with Crippen molar-refractivity contribution in [3.8, 4) is 0 Å². The van der Waals surface area contributed by atoms with Gasteiger partial charge in [-0.2, -0.15) is 0 Å². The van der Waals surface area contributed by atoms with Gasteiger partial charge in [0.2, 0.25) is 0 Å². The minimum absolute atomic E-state index is 0.0127. The van der Waals surface area contributed by atoms with E-state index in [0.29, 0.717) is 18.0 Å². The third-order valence-corrected chi connectivity index (χ3v) is 3.34. The summed E-state index contributed by atoms with van der Waals surface area (Å²) < 4.78 is 26.3. The van der Waals surface area contributed by atoms with Gasteiger partial charge < -0.3 is 5.32 Å². The molecule has 0 unspecified atom stereocenters. The second kappa shape index (κ2) is 4.13. The van der Waals surface area contributed by atoms with Crippen LogP contribution in [-0.4, -0.2) is 5.54 Å². The van der Waals surface area contributed by atoms with Crippen LogP contribution in [0.3, 0.4) is 0 Å². The van der Waals surface area contributed by atoms with Crippen molar-refractivity contribution in [2.24, 2.45) is 5.92 Å². The molecule has 1 aliphatic carbocycles. The average Bonchev–Trinajstić information content (AvgIpc) is 3.03. The van der Waals surface area contributed by atoms with Crippen LogP contribution in [0, 0.1) is 17.6 Å². The number of halogens is 2. The van der Waals surface area contributed by atoms with E-state index in [9.17, 15) is 8.78 Å². The lowest BCUT2D eigenvalue weighted by Crippen LogP contribution is -2.40. The molecule has 1 aliphatic rings. The fourth-order valence-corrected chi connectivity index (χ4v) is 1.95. The standard InChI is InChI=1S/C13H17F2N/c1-13(2,10-3-4-10)16-8-9-7-11(14)5-6-12(9)15/h5-7,10,16H,3-4,8H2,1-2H3. The molecule has 0 amide bonds. The molecule has 1 fully saturated rings. The van der Waals surface area contributed by atoms with Gasteiger partial charge in [0.25, 0.3) is 0 Å². The normalized spacial score (nSPS) is 16.5. The first-order valence-corrected chi connectivity index (χ1v) is 5.68. The fourth-order valence-electron chi connectivity index (χ4n) is 1.95. The molecule has 0 heterocycles. The maximum atomic E-state index is 13.4. The number of nitrogens with one attached hydrogen (secondary N) is 1. The molecule has 1 saturated carbocycles. The third kappa shape index (κ3) is 2.59. The first kappa shape index (κ1) is 11.5. The van der Waals surface area contributed by atoms with Crippen LogP contribution in [0.15, 0.2) is 18.2 Å². The van der Waals surface area contributed by atoms with Gasteiger partial charge in [-0.25, -0.2) is 8.78 Å². The van der Waals surface area contributed by atoms with E-state index < -0.39 is 0 Å². The van der Waals surface area contributed by atoms with Crippen molar-refractivity contribution in [3.05, 3.63) is 35.4 Å². The molecule has 1 N–H and O–H groups in total. The summed E-state index contributed by atoms with van der Waals surface area (Å²) >= 11 is 0. The molecule has 1 nitrogen and oxygen atoms in total. The third-order valence-electron chi connectivity index (χ3n) is 3.34. The van der Waals surface area contributed by atoms with Gasteiger partial charge in [-0.3, -0.25) is 0 Å². The van der Waals surface area contributed by atoms with Gasteiger partial charge in [-0.15, -0.1) is 0 Å². The van der Waals surface area contributed by atoms with E-state index in [1.807, 2.05) is 0 Å². The molecule has 16 heavy (non-hydrogen) atoms. The van der Waals surface area contributed by atoms with Crippen LogP contribution >= 0.6 is 0 Å². The molecule has 2 rings (SSSR count). The van der Waals surface area contributed by atoms with E-state index in [0.717, 1.165) is 6.07 Å². The molecule has 88 valence electrons. The monoisotopic (exact) mass is 225 g/mol. The van der Waals surface area contributed by atoms with Crippen molar-refractivity contribution in [2.45, 2.75) is 38.8 Å². The Balaban J connectivity index is 2.01. The van der Waals surface area contributed by atoms with E-state index in [-0.39, 0.29) is 17.2 Å². The van der Waals surface area contributed by atoms with Gasteiger partial charge >= 0.3 is 0 Å². The largest absolute Gasteiger partial charge is 0.307 e. The molecule has 0 saturated heterocycles. The minimum atomic E-state index is -0.387. The van der Waals surface area contributed by atoms with Gasteiger partial charge in [0.1, 0.15) is 11.6 Å². The molecule has 0 radical (unpaired) electrons. The molecule has 1 aromatic rings. The van der Waals surface area contributed by atoms with Gasteiger partial charge in [0.15, 0.2) is 0 Å². The van der Waals surface area contributed by atoms with Crippen molar-refractivity contribution >= 4 is 0 Å². The van der Waals surface area contributed by atoms with Crippen molar-refractivity contribution in [3.63, 3.8) is 0 Å². The summed E-state index contributed by atoms with van der Waals surface area (Å²) in [4.78, 5) is 0. The van der Waals surface area contributed by atoms with Crippen molar-refractivity contribution < 1.29 is 8.78 Å². The van der Waals surface area contributed by atoms with Gasteiger partial charge in [0.05, 0.1) is 0 Å². The van der Waals surface area contributed by atoms with Crippen LogP contribution in [0.1, 0.15) is 32.3 Å². The lowest BCUT2D eigenvalue weighted by molar-refractivity contribution is 0.336. The Hall–Kier alpha value is -0.960. The van der Waals surface area contributed by atoms with Crippen LogP contribution in [0.4, 0.5) is 8.78 Å². The zero-order chi connectivity index (χ0) is 11.8. The van der Waals surface area contributed by atoms with E-state index in [1.54, 1.807) is 0 Å². The molecule has 0 aromatic heterocycles. The van der Waals surface area contributed by atoms with E-state index in [4.69, 9.17) is 0 Å². The van der Waals surface area contributed by atoms with Crippen molar-refractivity contribution in [1.29, 1.82) is 0 Å². The van der Waals surface area contributed by atoms with Crippen molar-refractivity contribution in [1.82, 2.24) is 5.32 Å². The summed E-state index contributed by atoms with van der Waals surface area (Å²) in [6.07, 6.45) is 2.46. The summed E-state index contributed by atoms with van der Waals surface area (Å²) in [6.45, 7) is 4.61. The Labute approximate surface area is 94.9 Å². The lowest BCUT2D eigenvalue weighted by Gasteiger charge is -2.26.